The van der Waals surface area contributed by atoms with Gasteiger partial charge in [-0.05, 0) is 54.5 Å². The molecule has 8 heteroatoms. The number of hydrogen-bond donors (Lipinski definition) is 1. The molecule has 0 bridgehead atoms. The maximum atomic E-state index is 13.3. The smallest absolute Gasteiger partial charge is 0.251 e. The molecule has 2 heterocycles. The number of thioether (sulfide) groups is 1. The Morgan fingerprint density at radius 1 is 1.03 bits per heavy atom. The van der Waals surface area contributed by atoms with Crippen LogP contribution in [0.1, 0.15) is 35.3 Å². The van der Waals surface area contributed by atoms with Crippen molar-refractivity contribution >= 4 is 28.7 Å². The summed E-state index contributed by atoms with van der Waals surface area (Å²) in [6, 6.07) is 16.1. The number of halogens is 1. The van der Waals surface area contributed by atoms with Gasteiger partial charge in [-0.15, -0.1) is 0 Å². The van der Waals surface area contributed by atoms with Crippen molar-refractivity contribution in [1.82, 2.24) is 24.8 Å². The molecule has 2 aromatic carbocycles. The highest BCUT2D eigenvalue weighted by molar-refractivity contribution is 7.98. The Labute approximate surface area is 209 Å². The lowest BCUT2D eigenvalue weighted by atomic mass is 10.1. The van der Waals surface area contributed by atoms with Crippen LogP contribution in [0.15, 0.2) is 72.1 Å². The fourth-order valence-electron chi connectivity index (χ4n) is 3.85. The van der Waals surface area contributed by atoms with Gasteiger partial charge in [0.25, 0.3) is 5.91 Å². The predicted octanol–water partition coefficient (Wildman–Crippen LogP) is 4.98. The highest BCUT2D eigenvalue weighted by Gasteiger charge is 2.13. The predicted molar refractivity (Wildman–Crippen MR) is 139 cm³/mol. The molecule has 0 atom stereocenters. The Morgan fingerprint density at radius 3 is 2.46 bits per heavy atom. The number of carbonyl (C=O) groups excluding carboxylic acids is 1. The molecule has 0 saturated carbocycles. The van der Waals surface area contributed by atoms with E-state index in [9.17, 15) is 9.18 Å². The van der Waals surface area contributed by atoms with E-state index in [1.165, 1.54) is 12.1 Å². The summed E-state index contributed by atoms with van der Waals surface area (Å²) in [5.41, 5.74) is 4.58. The van der Waals surface area contributed by atoms with E-state index in [4.69, 9.17) is 4.98 Å². The van der Waals surface area contributed by atoms with Crippen LogP contribution in [0, 0.1) is 5.82 Å². The first kappa shape index (κ1) is 24.9. The molecule has 0 aliphatic rings. The minimum absolute atomic E-state index is 0.0510. The van der Waals surface area contributed by atoms with Gasteiger partial charge < -0.3 is 14.8 Å². The van der Waals surface area contributed by atoms with Gasteiger partial charge >= 0.3 is 0 Å². The number of rotatable bonds is 11. The summed E-state index contributed by atoms with van der Waals surface area (Å²) in [5.74, 6) is 0.413. The van der Waals surface area contributed by atoms with Crippen LogP contribution in [0.4, 0.5) is 4.39 Å². The number of aromatic nitrogens is 3. The Hall–Kier alpha value is -3.23. The molecule has 4 aromatic rings. The number of benzene rings is 2. The van der Waals surface area contributed by atoms with Gasteiger partial charge in [-0.2, -0.15) is 0 Å². The van der Waals surface area contributed by atoms with Gasteiger partial charge in [0, 0.05) is 30.6 Å². The van der Waals surface area contributed by atoms with Gasteiger partial charge in [-0.3, -0.25) is 9.78 Å². The van der Waals surface area contributed by atoms with Crippen molar-refractivity contribution in [2.24, 2.45) is 0 Å². The quantitative estimate of drug-likeness (QED) is 0.300. The minimum atomic E-state index is -0.249. The summed E-state index contributed by atoms with van der Waals surface area (Å²) in [5, 5.41) is 3.87. The lowest BCUT2D eigenvalue weighted by molar-refractivity contribution is 0.0949. The first-order valence-electron chi connectivity index (χ1n) is 11.8. The van der Waals surface area contributed by atoms with Gasteiger partial charge in [0.1, 0.15) is 5.82 Å². The molecule has 0 radical (unpaired) electrons. The van der Waals surface area contributed by atoms with Crippen LogP contribution in [-0.4, -0.2) is 51.5 Å². The third-order valence-corrected chi connectivity index (χ3v) is 7.01. The zero-order chi connectivity index (χ0) is 24.6. The van der Waals surface area contributed by atoms with E-state index in [0.29, 0.717) is 24.4 Å². The number of nitrogens with zero attached hydrogens (tertiary/aromatic N) is 4. The molecule has 182 valence electrons. The summed E-state index contributed by atoms with van der Waals surface area (Å²) < 4.78 is 15.5. The van der Waals surface area contributed by atoms with E-state index in [1.807, 2.05) is 36.5 Å². The van der Waals surface area contributed by atoms with Crippen LogP contribution in [0.2, 0.25) is 0 Å². The molecular weight excluding hydrogens is 461 g/mol. The first-order chi connectivity index (χ1) is 17.1. The number of imidazole rings is 1. The fraction of sp³-hybridized carbons (Fsp3) is 0.296. The number of carbonyl (C=O) groups is 1. The highest BCUT2D eigenvalue weighted by Crippen LogP contribution is 2.27. The van der Waals surface area contributed by atoms with Crippen molar-refractivity contribution in [1.29, 1.82) is 0 Å². The molecule has 0 spiro atoms. The van der Waals surface area contributed by atoms with Crippen LogP contribution in [0.5, 0.6) is 0 Å². The van der Waals surface area contributed by atoms with E-state index in [2.05, 4.69) is 33.6 Å². The third kappa shape index (κ3) is 6.46. The number of likely N-dealkylation sites (N-methyl/N-ethyl adjacent to an activating group) is 1. The van der Waals surface area contributed by atoms with Crippen LogP contribution < -0.4 is 5.32 Å². The second kappa shape index (κ2) is 12.0. The van der Waals surface area contributed by atoms with Crippen molar-refractivity contribution in [3.8, 4) is 0 Å². The molecule has 2 aromatic heterocycles. The number of nitrogens with one attached hydrogen (secondary N) is 1. The molecule has 0 unspecified atom stereocenters. The van der Waals surface area contributed by atoms with E-state index in [0.717, 1.165) is 47.0 Å². The lowest BCUT2D eigenvalue weighted by Crippen LogP contribution is -2.34. The summed E-state index contributed by atoms with van der Waals surface area (Å²) in [6.07, 6.45) is 3.54. The Balaban J connectivity index is 1.41. The number of amides is 1. The molecule has 1 amide bonds. The maximum absolute atomic E-state index is 13.3. The first-order valence-corrected chi connectivity index (χ1v) is 12.8. The topological polar surface area (TPSA) is 63.1 Å². The summed E-state index contributed by atoms with van der Waals surface area (Å²) >= 11 is 1.63. The standard InChI is InChI=1S/C27H30FN5OS/c1-3-32(4-2)16-15-30-26(34)22-9-5-21(6-10-22)19-35-27-31-24-13-14-29-17-25(24)33(27)18-20-7-11-23(28)12-8-20/h5-14,17H,3-4,15-16,18-19H2,1-2H3,(H,30,34). The second-order valence-electron chi connectivity index (χ2n) is 8.24. The average Bonchev–Trinajstić information content (AvgIpc) is 3.24. The van der Waals surface area contributed by atoms with E-state index in [1.54, 1.807) is 30.1 Å². The van der Waals surface area contributed by atoms with Gasteiger partial charge in [0.05, 0.1) is 23.8 Å². The van der Waals surface area contributed by atoms with Gasteiger partial charge in [0.2, 0.25) is 0 Å². The highest BCUT2D eigenvalue weighted by atomic mass is 32.2. The molecule has 35 heavy (non-hydrogen) atoms. The lowest BCUT2D eigenvalue weighted by Gasteiger charge is -2.17. The van der Waals surface area contributed by atoms with E-state index in [-0.39, 0.29) is 11.7 Å². The van der Waals surface area contributed by atoms with Crippen LogP contribution >= 0.6 is 11.8 Å². The summed E-state index contributed by atoms with van der Waals surface area (Å²) in [6.45, 7) is 8.27. The number of hydrogen-bond acceptors (Lipinski definition) is 5. The Bertz CT molecular complexity index is 1250. The number of pyridine rings is 1. The summed E-state index contributed by atoms with van der Waals surface area (Å²) in [7, 11) is 0. The number of fused-ring (bicyclic) bond motifs is 1. The van der Waals surface area contributed by atoms with Gasteiger partial charge in [0.15, 0.2) is 5.16 Å². The van der Waals surface area contributed by atoms with Crippen LogP contribution in [-0.2, 0) is 12.3 Å². The van der Waals surface area contributed by atoms with Crippen molar-refractivity contribution in [3.63, 3.8) is 0 Å². The van der Waals surface area contributed by atoms with Gasteiger partial charge in [-0.1, -0.05) is 49.9 Å². The zero-order valence-electron chi connectivity index (χ0n) is 20.1. The Kier molecular flexibility index (Phi) is 8.50. The van der Waals surface area contributed by atoms with Crippen LogP contribution in [0.3, 0.4) is 0 Å². The van der Waals surface area contributed by atoms with Crippen molar-refractivity contribution in [2.45, 2.75) is 31.3 Å². The summed E-state index contributed by atoms with van der Waals surface area (Å²) in [4.78, 5) is 23.8. The molecule has 4 rings (SSSR count). The largest absolute Gasteiger partial charge is 0.351 e. The SMILES string of the molecule is CCN(CC)CCNC(=O)c1ccc(CSc2nc3ccncc3n2Cc2ccc(F)cc2)cc1. The molecule has 0 aliphatic carbocycles. The molecule has 0 fully saturated rings. The normalized spacial score (nSPS) is 11.3. The van der Waals surface area contributed by atoms with Crippen molar-refractivity contribution in [3.05, 3.63) is 89.5 Å². The monoisotopic (exact) mass is 491 g/mol. The van der Waals surface area contributed by atoms with E-state index < -0.39 is 0 Å². The van der Waals surface area contributed by atoms with E-state index >= 15 is 0 Å². The minimum Gasteiger partial charge on any atom is -0.351 e. The second-order valence-corrected chi connectivity index (χ2v) is 9.18. The van der Waals surface area contributed by atoms with Gasteiger partial charge in [-0.25, -0.2) is 9.37 Å². The fourth-order valence-corrected chi connectivity index (χ4v) is 4.82. The van der Waals surface area contributed by atoms with Crippen molar-refractivity contribution < 1.29 is 9.18 Å². The zero-order valence-corrected chi connectivity index (χ0v) is 20.9. The Morgan fingerprint density at radius 2 is 1.74 bits per heavy atom. The molecule has 1 N–H and O–H groups in total. The molecule has 6 nitrogen and oxygen atoms in total. The molecular formula is C27H30FN5OS. The average molecular weight is 492 g/mol. The third-order valence-electron chi connectivity index (χ3n) is 5.96. The maximum Gasteiger partial charge on any atom is 0.251 e. The van der Waals surface area contributed by atoms with Crippen molar-refractivity contribution in [2.75, 3.05) is 26.2 Å². The van der Waals surface area contributed by atoms with Crippen LogP contribution in [0.25, 0.3) is 11.0 Å². The molecule has 0 saturated heterocycles. The molecule has 0 aliphatic heterocycles.